The first-order chi connectivity index (χ1) is 9.04. The zero-order valence-electron chi connectivity index (χ0n) is 9.81. The molecule has 0 aliphatic carbocycles. The van der Waals surface area contributed by atoms with E-state index in [-0.39, 0.29) is 28.8 Å². The van der Waals surface area contributed by atoms with E-state index in [2.05, 4.69) is 4.98 Å². The molecular formula is C12H9ClFNO4. The van der Waals surface area contributed by atoms with Gasteiger partial charge in [-0.25, -0.2) is 14.2 Å². The highest BCUT2D eigenvalue weighted by Gasteiger charge is 2.23. The van der Waals surface area contributed by atoms with Crippen LogP contribution in [0.4, 0.5) is 4.39 Å². The average Bonchev–Trinajstić information content (AvgIpc) is 2.73. The van der Waals surface area contributed by atoms with Crippen LogP contribution in [-0.4, -0.2) is 23.2 Å². The summed E-state index contributed by atoms with van der Waals surface area (Å²) in [6.45, 7) is -0.0583. The summed E-state index contributed by atoms with van der Waals surface area (Å²) in [4.78, 5) is 14.9. The molecule has 19 heavy (non-hydrogen) atoms. The maximum absolute atomic E-state index is 13.7. The molecule has 0 aliphatic heterocycles. The zero-order chi connectivity index (χ0) is 14.0. The Kier molecular flexibility index (Phi) is 3.82. The molecule has 2 aromatic rings. The Hall–Kier alpha value is -1.92. The van der Waals surface area contributed by atoms with Gasteiger partial charge < -0.3 is 14.3 Å². The van der Waals surface area contributed by atoms with Crippen LogP contribution in [0.3, 0.4) is 0 Å². The van der Waals surface area contributed by atoms with Crippen LogP contribution in [0.1, 0.15) is 16.2 Å². The number of halogens is 2. The first-order valence-electron chi connectivity index (χ1n) is 5.21. The normalized spacial score (nSPS) is 10.7. The minimum atomic E-state index is -1.31. The molecule has 100 valence electrons. The van der Waals surface area contributed by atoms with Gasteiger partial charge in [0.2, 0.25) is 11.7 Å². The molecule has 2 rings (SSSR count). The minimum Gasteiger partial charge on any atom is -0.475 e. The lowest BCUT2D eigenvalue weighted by Crippen LogP contribution is -2.00. The first kappa shape index (κ1) is 13.5. The molecule has 5 nitrogen and oxygen atoms in total. The topological polar surface area (TPSA) is 72.6 Å². The highest BCUT2D eigenvalue weighted by atomic mass is 35.5. The van der Waals surface area contributed by atoms with E-state index >= 15 is 0 Å². The molecule has 0 fully saturated rings. The molecule has 0 radical (unpaired) electrons. The number of oxazole rings is 1. The van der Waals surface area contributed by atoms with Crippen LogP contribution in [0.5, 0.6) is 0 Å². The van der Waals surface area contributed by atoms with Crippen LogP contribution in [0.25, 0.3) is 11.5 Å². The fourth-order valence-corrected chi connectivity index (χ4v) is 1.81. The summed E-state index contributed by atoms with van der Waals surface area (Å²) >= 11 is 5.86. The number of nitrogens with zero attached hydrogens (tertiary/aromatic N) is 1. The highest BCUT2D eigenvalue weighted by molar-refractivity contribution is 6.33. The molecule has 0 saturated heterocycles. The fraction of sp³-hybridized carbons (Fsp3) is 0.167. The van der Waals surface area contributed by atoms with Gasteiger partial charge in [0, 0.05) is 7.11 Å². The van der Waals surface area contributed by atoms with Crippen LogP contribution in [-0.2, 0) is 11.3 Å². The Morgan fingerprint density at radius 3 is 2.89 bits per heavy atom. The molecule has 0 saturated carbocycles. The molecule has 0 aliphatic rings. The van der Waals surface area contributed by atoms with Crippen molar-refractivity contribution in [3.63, 3.8) is 0 Å². The quantitative estimate of drug-likeness (QED) is 0.935. The Morgan fingerprint density at radius 1 is 1.58 bits per heavy atom. The summed E-state index contributed by atoms with van der Waals surface area (Å²) in [5.41, 5.74) is -0.00154. The fourth-order valence-electron chi connectivity index (χ4n) is 1.56. The number of aromatic nitrogens is 1. The van der Waals surface area contributed by atoms with Crippen molar-refractivity contribution in [3.8, 4) is 11.5 Å². The van der Waals surface area contributed by atoms with Crippen molar-refractivity contribution < 1.29 is 23.4 Å². The van der Waals surface area contributed by atoms with Gasteiger partial charge in [-0.15, -0.1) is 0 Å². The van der Waals surface area contributed by atoms with Gasteiger partial charge in [-0.1, -0.05) is 17.7 Å². The molecule has 0 spiro atoms. The van der Waals surface area contributed by atoms with Gasteiger partial charge in [-0.05, 0) is 12.1 Å². The third-order valence-electron chi connectivity index (χ3n) is 2.35. The van der Waals surface area contributed by atoms with E-state index in [1.807, 2.05) is 0 Å². The summed E-state index contributed by atoms with van der Waals surface area (Å²) < 4.78 is 23.6. The smallest absolute Gasteiger partial charge is 0.373 e. The Morgan fingerprint density at radius 2 is 2.32 bits per heavy atom. The molecule has 1 aromatic heterocycles. The second-order valence-electron chi connectivity index (χ2n) is 3.63. The minimum absolute atomic E-state index is 0.0583. The number of rotatable bonds is 4. The predicted octanol–water partition coefficient (Wildman–Crippen LogP) is 2.98. The van der Waals surface area contributed by atoms with E-state index in [1.165, 1.54) is 25.3 Å². The third kappa shape index (κ3) is 2.59. The van der Waals surface area contributed by atoms with E-state index in [9.17, 15) is 9.18 Å². The number of aromatic carboxylic acids is 1. The highest BCUT2D eigenvalue weighted by Crippen LogP contribution is 2.31. The molecule has 0 bridgehead atoms. The van der Waals surface area contributed by atoms with Gasteiger partial charge in [-0.3, -0.25) is 0 Å². The largest absolute Gasteiger partial charge is 0.475 e. The number of carbonyl (C=O) groups is 1. The molecule has 0 amide bonds. The standard InChI is InChI=1S/C12H9ClFNO4/c1-18-5-8-10(12(16)17)19-11(15-8)9-6(13)3-2-4-7(9)14/h2-4H,5H2,1H3,(H,16,17). The van der Waals surface area contributed by atoms with E-state index in [4.69, 9.17) is 25.9 Å². The van der Waals surface area contributed by atoms with Crippen LogP contribution < -0.4 is 0 Å². The monoisotopic (exact) mass is 285 g/mol. The molecule has 1 aromatic carbocycles. The maximum Gasteiger partial charge on any atom is 0.373 e. The lowest BCUT2D eigenvalue weighted by molar-refractivity contribution is 0.0656. The lowest BCUT2D eigenvalue weighted by atomic mass is 10.2. The average molecular weight is 286 g/mol. The molecular weight excluding hydrogens is 277 g/mol. The van der Waals surface area contributed by atoms with Gasteiger partial charge in [0.25, 0.3) is 0 Å². The van der Waals surface area contributed by atoms with Crippen LogP contribution in [0.2, 0.25) is 5.02 Å². The number of benzene rings is 1. The number of carboxylic acid groups (broad SMARTS) is 1. The molecule has 1 N–H and O–H groups in total. The second-order valence-corrected chi connectivity index (χ2v) is 4.04. The Labute approximate surface area is 112 Å². The maximum atomic E-state index is 13.7. The molecule has 7 heteroatoms. The summed E-state index contributed by atoms with van der Waals surface area (Å²) in [6.07, 6.45) is 0. The van der Waals surface area contributed by atoms with Crippen molar-refractivity contribution in [1.82, 2.24) is 4.98 Å². The molecule has 0 unspecified atom stereocenters. The van der Waals surface area contributed by atoms with Crippen LogP contribution in [0, 0.1) is 5.82 Å². The Balaban J connectivity index is 2.57. The molecule has 1 heterocycles. The summed E-state index contributed by atoms with van der Waals surface area (Å²) in [7, 11) is 1.38. The third-order valence-corrected chi connectivity index (χ3v) is 2.66. The van der Waals surface area contributed by atoms with Crippen molar-refractivity contribution in [2.45, 2.75) is 6.61 Å². The van der Waals surface area contributed by atoms with E-state index in [1.54, 1.807) is 0 Å². The van der Waals surface area contributed by atoms with Gasteiger partial charge in [0.1, 0.15) is 11.5 Å². The van der Waals surface area contributed by atoms with Gasteiger partial charge in [0.15, 0.2) is 0 Å². The van der Waals surface area contributed by atoms with Crippen LogP contribution >= 0.6 is 11.6 Å². The number of methoxy groups -OCH3 is 1. The lowest BCUT2D eigenvalue weighted by Gasteiger charge is -2.00. The number of carboxylic acids is 1. The number of hydrogen-bond donors (Lipinski definition) is 1. The second kappa shape index (κ2) is 5.38. The summed E-state index contributed by atoms with van der Waals surface area (Å²) in [5, 5.41) is 9.06. The van der Waals surface area contributed by atoms with Crippen molar-refractivity contribution >= 4 is 17.6 Å². The van der Waals surface area contributed by atoms with Crippen molar-refractivity contribution in [3.05, 3.63) is 40.5 Å². The van der Waals surface area contributed by atoms with Crippen LogP contribution in [0.15, 0.2) is 22.6 Å². The zero-order valence-corrected chi connectivity index (χ0v) is 10.6. The van der Waals surface area contributed by atoms with Crippen molar-refractivity contribution in [2.75, 3.05) is 7.11 Å². The first-order valence-corrected chi connectivity index (χ1v) is 5.58. The summed E-state index contributed by atoms with van der Waals surface area (Å²) in [5.74, 6) is -2.53. The predicted molar refractivity (Wildman–Crippen MR) is 64.6 cm³/mol. The van der Waals surface area contributed by atoms with E-state index < -0.39 is 17.5 Å². The van der Waals surface area contributed by atoms with E-state index in [0.29, 0.717) is 0 Å². The summed E-state index contributed by atoms with van der Waals surface area (Å²) in [6, 6.07) is 4.07. The van der Waals surface area contributed by atoms with Gasteiger partial charge in [0.05, 0.1) is 17.2 Å². The Bertz CT molecular complexity index is 606. The number of hydrogen-bond acceptors (Lipinski definition) is 4. The van der Waals surface area contributed by atoms with Crippen molar-refractivity contribution in [1.29, 1.82) is 0 Å². The SMILES string of the molecule is COCc1nc(-c2c(F)cccc2Cl)oc1C(=O)O. The number of ether oxygens (including phenoxy) is 1. The van der Waals surface area contributed by atoms with E-state index in [0.717, 1.165) is 0 Å². The van der Waals surface area contributed by atoms with Gasteiger partial charge in [-0.2, -0.15) is 0 Å². The van der Waals surface area contributed by atoms with Gasteiger partial charge >= 0.3 is 5.97 Å². The van der Waals surface area contributed by atoms with Crippen molar-refractivity contribution in [2.24, 2.45) is 0 Å². The molecule has 0 atom stereocenters.